The van der Waals surface area contributed by atoms with Gasteiger partial charge < -0.3 is 10.6 Å². The zero-order valence-corrected chi connectivity index (χ0v) is 17.1. The first-order valence-electron chi connectivity index (χ1n) is 9.67. The molecule has 0 aliphatic carbocycles. The average Bonchev–Trinajstić information content (AvgIpc) is 2.92. The number of benzene rings is 2. The van der Waals surface area contributed by atoms with Gasteiger partial charge in [0.25, 0.3) is 11.8 Å². The minimum atomic E-state index is -0.341. The maximum atomic E-state index is 12.9. The molecule has 0 saturated carbocycles. The maximum absolute atomic E-state index is 12.9. The van der Waals surface area contributed by atoms with Gasteiger partial charge in [-0.2, -0.15) is 0 Å². The summed E-state index contributed by atoms with van der Waals surface area (Å²) in [6, 6.07) is 14.7. The number of imide groups is 1. The fourth-order valence-electron chi connectivity index (χ4n) is 3.27. The van der Waals surface area contributed by atoms with Crippen molar-refractivity contribution in [3.05, 3.63) is 65.4 Å². The first-order valence-corrected chi connectivity index (χ1v) is 9.67. The van der Waals surface area contributed by atoms with Crippen LogP contribution in [0.15, 0.2) is 54.2 Å². The molecule has 0 fully saturated rings. The topological polar surface area (TPSA) is 78.5 Å². The van der Waals surface area contributed by atoms with Crippen LogP contribution in [0.1, 0.15) is 44.7 Å². The smallest absolute Gasteiger partial charge is 0.278 e. The van der Waals surface area contributed by atoms with Crippen LogP contribution in [0.4, 0.5) is 11.4 Å². The third kappa shape index (κ3) is 4.21. The SMILES string of the molecule is CCN1C(=O)C(Nc2ccc(C(C)C)cc2)=C(c2ccc(NC(C)=O)cc2)C1=O. The van der Waals surface area contributed by atoms with E-state index in [0.29, 0.717) is 29.3 Å². The van der Waals surface area contributed by atoms with Gasteiger partial charge in [-0.15, -0.1) is 0 Å². The Morgan fingerprint density at radius 3 is 2.03 bits per heavy atom. The molecule has 6 heteroatoms. The molecule has 0 aromatic heterocycles. The summed E-state index contributed by atoms with van der Waals surface area (Å²) in [6.45, 7) is 7.73. The Morgan fingerprint density at radius 1 is 0.931 bits per heavy atom. The van der Waals surface area contributed by atoms with E-state index in [9.17, 15) is 14.4 Å². The fourth-order valence-corrected chi connectivity index (χ4v) is 3.27. The van der Waals surface area contributed by atoms with Crippen molar-refractivity contribution in [1.29, 1.82) is 0 Å². The van der Waals surface area contributed by atoms with E-state index in [-0.39, 0.29) is 23.4 Å². The van der Waals surface area contributed by atoms with Gasteiger partial charge in [0, 0.05) is 24.8 Å². The molecule has 2 aromatic rings. The second kappa shape index (κ2) is 8.31. The standard InChI is InChI=1S/C23H25N3O3/c1-5-26-22(28)20(17-8-12-18(13-9-17)24-15(4)27)21(23(26)29)25-19-10-6-16(7-11-19)14(2)3/h6-14,25H,5H2,1-4H3,(H,24,27). The van der Waals surface area contributed by atoms with Crippen LogP contribution < -0.4 is 10.6 Å². The van der Waals surface area contributed by atoms with Gasteiger partial charge in [0.1, 0.15) is 5.70 Å². The summed E-state index contributed by atoms with van der Waals surface area (Å²) in [5, 5.41) is 5.84. The quantitative estimate of drug-likeness (QED) is 0.730. The molecule has 6 nitrogen and oxygen atoms in total. The van der Waals surface area contributed by atoms with Crippen molar-refractivity contribution in [2.45, 2.75) is 33.6 Å². The second-order valence-corrected chi connectivity index (χ2v) is 7.26. The van der Waals surface area contributed by atoms with Gasteiger partial charge in [0.05, 0.1) is 5.57 Å². The average molecular weight is 391 g/mol. The Bertz CT molecular complexity index is 973. The molecular weight excluding hydrogens is 366 g/mol. The third-order valence-electron chi connectivity index (χ3n) is 4.82. The lowest BCUT2D eigenvalue weighted by atomic mass is 10.0. The van der Waals surface area contributed by atoms with Crippen molar-refractivity contribution in [1.82, 2.24) is 4.90 Å². The van der Waals surface area contributed by atoms with Crippen LogP contribution in [0.2, 0.25) is 0 Å². The van der Waals surface area contributed by atoms with Crippen molar-refractivity contribution < 1.29 is 14.4 Å². The lowest BCUT2D eigenvalue weighted by Crippen LogP contribution is -2.32. The minimum Gasteiger partial charge on any atom is -0.350 e. The number of likely N-dealkylation sites (N-methyl/N-ethyl adjacent to an activating group) is 1. The molecule has 150 valence electrons. The molecule has 0 saturated heterocycles. The number of amides is 3. The van der Waals surface area contributed by atoms with E-state index >= 15 is 0 Å². The molecule has 3 amide bonds. The van der Waals surface area contributed by atoms with Gasteiger partial charge in [-0.25, -0.2) is 0 Å². The molecule has 1 heterocycles. The van der Waals surface area contributed by atoms with E-state index in [1.165, 1.54) is 17.4 Å². The van der Waals surface area contributed by atoms with Crippen LogP contribution in [-0.4, -0.2) is 29.2 Å². The summed E-state index contributed by atoms with van der Waals surface area (Å²) in [5.74, 6) is -0.433. The summed E-state index contributed by atoms with van der Waals surface area (Å²) < 4.78 is 0. The van der Waals surface area contributed by atoms with Crippen molar-refractivity contribution >= 4 is 34.7 Å². The molecule has 0 unspecified atom stereocenters. The normalized spacial score (nSPS) is 14.0. The highest BCUT2D eigenvalue weighted by molar-refractivity contribution is 6.36. The highest BCUT2D eigenvalue weighted by Crippen LogP contribution is 2.31. The number of nitrogens with one attached hydrogen (secondary N) is 2. The molecule has 0 atom stereocenters. The first-order chi connectivity index (χ1) is 13.8. The Morgan fingerprint density at radius 2 is 1.52 bits per heavy atom. The van der Waals surface area contributed by atoms with E-state index in [4.69, 9.17) is 0 Å². The first kappa shape index (κ1) is 20.3. The van der Waals surface area contributed by atoms with Gasteiger partial charge >= 0.3 is 0 Å². The molecule has 29 heavy (non-hydrogen) atoms. The number of nitrogens with zero attached hydrogens (tertiary/aromatic N) is 1. The van der Waals surface area contributed by atoms with Gasteiger partial charge in [-0.1, -0.05) is 38.1 Å². The largest absolute Gasteiger partial charge is 0.350 e. The predicted molar refractivity (Wildman–Crippen MR) is 114 cm³/mol. The number of carbonyl (C=O) groups is 3. The van der Waals surface area contributed by atoms with Crippen LogP contribution >= 0.6 is 0 Å². The summed E-state index contributed by atoms with van der Waals surface area (Å²) in [5.41, 5.74) is 3.79. The van der Waals surface area contributed by atoms with Gasteiger partial charge in [0.15, 0.2) is 0 Å². The van der Waals surface area contributed by atoms with Crippen molar-refractivity contribution in [2.24, 2.45) is 0 Å². The van der Waals surface area contributed by atoms with E-state index in [0.717, 1.165) is 5.69 Å². The maximum Gasteiger partial charge on any atom is 0.278 e. The Labute approximate surface area is 170 Å². The van der Waals surface area contributed by atoms with Crippen LogP contribution in [0.5, 0.6) is 0 Å². The zero-order chi connectivity index (χ0) is 21.1. The van der Waals surface area contributed by atoms with Crippen LogP contribution in [0.3, 0.4) is 0 Å². The van der Waals surface area contributed by atoms with E-state index in [2.05, 4.69) is 24.5 Å². The summed E-state index contributed by atoms with van der Waals surface area (Å²) in [7, 11) is 0. The number of rotatable bonds is 6. The highest BCUT2D eigenvalue weighted by atomic mass is 16.2. The van der Waals surface area contributed by atoms with Gasteiger partial charge in [-0.3, -0.25) is 19.3 Å². The lowest BCUT2D eigenvalue weighted by Gasteiger charge is -2.12. The zero-order valence-electron chi connectivity index (χ0n) is 17.1. The van der Waals surface area contributed by atoms with Crippen molar-refractivity contribution in [3.8, 4) is 0 Å². The number of hydrogen-bond donors (Lipinski definition) is 2. The monoisotopic (exact) mass is 391 g/mol. The van der Waals surface area contributed by atoms with E-state index in [1.807, 2.05) is 24.3 Å². The number of anilines is 2. The van der Waals surface area contributed by atoms with Crippen LogP contribution in [0.25, 0.3) is 5.57 Å². The number of carbonyl (C=O) groups excluding carboxylic acids is 3. The third-order valence-corrected chi connectivity index (χ3v) is 4.82. The van der Waals surface area contributed by atoms with E-state index < -0.39 is 0 Å². The van der Waals surface area contributed by atoms with Crippen molar-refractivity contribution in [2.75, 3.05) is 17.2 Å². The van der Waals surface area contributed by atoms with Gasteiger partial charge in [0.2, 0.25) is 5.91 Å². The fraction of sp³-hybridized carbons (Fsp3) is 0.261. The Kier molecular flexibility index (Phi) is 5.82. The summed E-state index contributed by atoms with van der Waals surface area (Å²) >= 11 is 0. The Balaban J connectivity index is 1.98. The Hall–Kier alpha value is -3.41. The summed E-state index contributed by atoms with van der Waals surface area (Å²) in [6.07, 6.45) is 0. The highest BCUT2D eigenvalue weighted by Gasteiger charge is 2.38. The molecule has 1 aliphatic heterocycles. The molecule has 1 aliphatic rings. The minimum absolute atomic E-state index is 0.173. The molecule has 0 bridgehead atoms. The van der Waals surface area contributed by atoms with Crippen molar-refractivity contribution in [3.63, 3.8) is 0 Å². The van der Waals surface area contributed by atoms with Gasteiger partial charge in [-0.05, 0) is 48.2 Å². The molecule has 0 radical (unpaired) electrons. The number of hydrogen-bond acceptors (Lipinski definition) is 4. The van der Waals surface area contributed by atoms with Crippen LogP contribution in [0, 0.1) is 0 Å². The van der Waals surface area contributed by atoms with Crippen LogP contribution in [-0.2, 0) is 14.4 Å². The molecule has 2 N–H and O–H groups in total. The molecule has 0 spiro atoms. The molecule has 2 aromatic carbocycles. The summed E-state index contributed by atoms with van der Waals surface area (Å²) in [4.78, 5) is 38.2. The second-order valence-electron chi connectivity index (χ2n) is 7.26. The molecule has 3 rings (SSSR count). The van der Waals surface area contributed by atoms with E-state index in [1.54, 1.807) is 31.2 Å². The predicted octanol–water partition coefficient (Wildman–Crippen LogP) is 3.98. The lowest BCUT2D eigenvalue weighted by molar-refractivity contribution is -0.136. The molecular formula is C23H25N3O3.